The molecule has 1 aromatic heterocycles. The lowest BCUT2D eigenvalue weighted by atomic mass is 9.98. The number of hydrogen-bond acceptors (Lipinski definition) is 7. The first-order valence-electron chi connectivity index (χ1n) is 8.78. The molecule has 8 nitrogen and oxygen atoms in total. The third-order valence-electron chi connectivity index (χ3n) is 4.75. The van der Waals surface area contributed by atoms with E-state index in [1.54, 1.807) is 28.9 Å². The third-order valence-corrected chi connectivity index (χ3v) is 5.88. The Kier molecular flexibility index (Phi) is 5.69. The molecule has 1 fully saturated rings. The van der Waals surface area contributed by atoms with Gasteiger partial charge in [-0.3, -0.25) is 4.90 Å². The first-order valence-corrected chi connectivity index (χ1v) is 10.7. The maximum atomic E-state index is 11.6. The fourth-order valence-electron chi connectivity index (χ4n) is 3.51. The predicted octanol–water partition coefficient (Wildman–Crippen LogP) is 0.839. The molecule has 0 spiro atoms. The van der Waals surface area contributed by atoms with Crippen molar-refractivity contribution in [3.63, 3.8) is 0 Å². The summed E-state index contributed by atoms with van der Waals surface area (Å²) in [6, 6.07) is 6.62. The Morgan fingerprint density at radius 1 is 1.27 bits per heavy atom. The highest BCUT2D eigenvalue weighted by molar-refractivity contribution is 7.90. The van der Waals surface area contributed by atoms with Crippen molar-refractivity contribution in [2.24, 2.45) is 5.92 Å². The second-order valence-corrected chi connectivity index (χ2v) is 9.26. The van der Waals surface area contributed by atoms with E-state index in [9.17, 15) is 8.42 Å². The van der Waals surface area contributed by atoms with Gasteiger partial charge < -0.3 is 4.90 Å². The number of benzene rings is 1. The number of tetrazole rings is 1. The van der Waals surface area contributed by atoms with E-state index in [0.717, 1.165) is 24.6 Å². The highest BCUT2D eigenvalue weighted by atomic mass is 32.2. The van der Waals surface area contributed by atoms with Gasteiger partial charge in [0.25, 0.3) is 0 Å². The lowest BCUT2D eigenvalue weighted by Gasteiger charge is -2.32. The van der Waals surface area contributed by atoms with Gasteiger partial charge in [-0.2, -0.15) is 4.68 Å². The third kappa shape index (κ3) is 4.66. The summed E-state index contributed by atoms with van der Waals surface area (Å²) in [4.78, 5) is 4.92. The van der Waals surface area contributed by atoms with Crippen LogP contribution in [0.3, 0.4) is 0 Å². The highest BCUT2D eigenvalue weighted by Gasteiger charge is 2.20. The van der Waals surface area contributed by atoms with Gasteiger partial charge in [0.15, 0.2) is 15.7 Å². The number of rotatable bonds is 6. The van der Waals surface area contributed by atoms with Crippen LogP contribution in [0.15, 0.2) is 29.2 Å². The van der Waals surface area contributed by atoms with Crippen LogP contribution < -0.4 is 0 Å². The standard InChI is InChI=1S/C17H26N6O2S/c1-21-10-4-5-14(11-21)12-22(2)13-17-18-19-20-23(17)15-6-8-16(9-7-15)26(3,24)25/h6-9,14H,4-5,10-13H2,1-3H3. The zero-order valence-corrected chi connectivity index (χ0v) is 16.4. The van der Waals surface area contributed by atoms with Crippen LogP contribution >= 0.6 is 0 Å². The lowest BCUT2D eigenvalue weighted by molar-refractivity contribution is 0.162. The molecule has 0 amide bonds. The fraction of sp³-hybridized carbons (Fsp3) is 0.588. The van der Waals surface area contributed by atoms with Crippen LogP contribution in [0.2, 0.25) is 0 Å². The van der Waals surface area contributed by atoms with Gasteiger partial charge >= 0.3 is 0 Å². The molecule has 142 valence electrons. The van der Waals surface area contributed by atoms with Gasteiger partial charge in [0.2, 0.25) is 0 Å². The van der Waals surface area contributed by atoms with Crippen molar-refractivity contribution in [1.29, 1.82) is 0 Å². The number of aromatic nitrogens is 4. The van der Waals surface area contributed by atoms with Crippen LogP contribution in [-0.4, -0.2) is 78.4 Å². The van der Waals surface area contributed by atoms with Crippen molar-refractivity contribution in [2.45, 2.75) is 24.3 Å². The first-order chi connectivity index (χ1) is 12.3. The number of nitrogens with zero attached hydrogens (tertiary/aromatic N) is 6. The fourth-order valence-corrected chi connectivity index (χ4v) is 4.14. The van der Waals surface area contributed by atoms with E-state index >= 15 is 0 Å². The summed E-state index contributed by atoms with van der Waals surface area (Å²) in [6.45, 7) is 3.95. The second kappa shape index (κ2) is 7.81. The van der Waals surface area contributed by atoms with Gasteiger partial charge in [-0.05, 0) is 74.1 Å². The minimum absolute atomic E-state index is 0.286. The molecule has 0 N–H and O–H groups in total. The minimum Gasteiger partial charge on any atom is -0.306 e. The van der Waals surface area contributed by atoms with Gasteiger partial charge in [-0.15, -0.1) is 5.10 Å². The van der Waals surface area contributed by atoms with Crippen molar-refractivity contribution < 1.29 is 8.42 Å². The summed E-state index contributed by atoms with van der Waals surface area (Å²) >= 11 is 0. The van der Waals surface area contributed by atoms with E-state index in [0.29, 0.717) is 12.5 Å². The van der Waals surface area contributed by atoms with E-state index in [1.807, 2.05) is 0 Å². The molecule has 1 unspecified atom stereocenters. The molecule has 1 aliphatic rings. The maximum absolute atomic E-state index is 11.6. The Bertz CT molecular complexity index is 833. The summed E-state index contributed by atoms with van der Waals surface area (Å²) in [7, 11) is 1.05. The average Bonchev–Trinajstić information content (AvgIpc) is 3.02. The summed E-state index contributed by atoms with van der Waals surface area (Å²) in [5, 5.41) is 12.0. The smallest absolute Gasteiger partial charge is 0.175 e. The van der Waals surface area contributed by atoms with E-state index in [1.165, 1.54) is 25.6 Å². The molecule has 1 aliphatic heterocycles. The van der Waals surface area contributed by atoms with Crippen LogP contribution in [0.1, 0.15) is 18.7 Å². The number of sulfone groups is 1. The Balaban J connectivity index is 1.68. The molecule has 1 aromatic carbocycles. The Labute approximate surface area is 154 Å². The molecular formula is C17H26N6O2S. The quantitative estimate of drug-likeness (QED) is 0.736. The molecule has 2 aromatic rings. The van der Waals surface area contributed by atoms with Gasteiger partial charge in [-0.25, -0.2) is 8.42 Å². The van der Waals surface area contributed by atoms with Crippen LogP contribution in [0.25, 0.3) is 5.69 Å². The summed E-state index contributed by atoms with van der Waals surface area (Å²) in [6.07, 6.45) is 3.70. The zero-order chi connectivity index (χ0) is 18.7. The van der Waals surface area contributed by atoms with Crippen LogP contribution in [0.4, 0.5) is 0 Å². The van der Waals surface area contributed by atoms with Crippen molar-refractivity contribution in [2.75, 3.05) is 40.0 Å². The minimum atomic E-state index is -3.21. The second-order valence-electron chi connectivity index (χ2n) is 7.24. The summed E-state index contributed by atoms with van der Waals surface area (Å²) in [5.41, 5.74) is 0.753. The van der Waals surface area contributed by atoms with Gasteiger partial charge in [0, 0.05) is 19.3 Å². The Morgan fingerprint density at radius 2 is 2.00 bits per heavy atom. The molecule has 1 saturated heterocycles. The molecular weight excluding hydrogens is 352 g/mol. The summed E-state index contributed by atoms with van der Waals surface area (Å²) < 4.78 is 24.9. The monoisotopic (exact) mass is 378 g/mol. The first kappa shape index (κ1) is 18.9. The molecule has 0 bridgehead atoms. The van der Waals surface area contributed by atoms with Crippen LogP contribution in [-0.2, 0) is 16.4 Å². The van der Waals surface area contributed by atoms with Crippen molar-refractivity contribution >= 4 is 9.84 Å². The number of hydrogen-bond donors (Lipinski definition) is 0. The highest BCUT2D eigenvalue weighted by Crippen LogP contribution is 2.18. The van der Waals surface area contributed by atoms with Crippen molar-refractivity contribution in [3.05, 3.63) is 30.1 Å². The normalized spacial score (nSPS) is 19.2. The van der Waals surface area contributed by atoms with E-state index in [2.05, 4.69) is 39.4 Å². The predicted molar refractivity (Wildman–Crippen MR) is 98.8 cm³/mol. The van der Waals surface area contributed by atoms with Gasteiger partial charge in [0.05, 0.1) is 17.1 Å². The van der Waals surface area contributed by atoms with Crippen LogP contribution in [0.5, 0.6) is 0 Å². The molecule has 1 atom stereocenters. The molecule has 3 rings (SSSR count). The van der Waals surface area contributed by atoms with E-state index in [-0.39, 0.29) is 4.90 Å². The molecule has 26 heavy (non-hydrogen) atoms. The molecule has 0 aliphatic carbocycles. The van der Waals surface area contributed by atoms with Crippen molar-refractivity contribution in [1.82, 2.24) is 30.0 Å². The topological polar surface area (TPSA) is 84.2 Å². The van der Waals surface area contributed by atoms with Crippen LogP contribution in [0, 0.1) is 5.92 Å². The molecule has 9 heteroatoms. The summed E-state index contributed by atoms with van der Waals surface area (Å²) in [5.74, 6) is 1.40. The zero-order valence-electron chi connectivity index (χ0n) is 15.5. The largest absolute Gasteiger partial charge is 0.306 e. The van der Waals surface area contributed by atoms with E-state index in [4.69, 9.17) is 0 Å². The van der Waals surface area contributed by atoms with Crippen molar-refractivity contribution in [3.8, 4) is 5.69 Å². The molecule has 0 radical (unpaired) electrons. The lowest BCUT2D eigenvalue weighted by Crippen LogP contribution is -2.38. The molecule has 0 saturated carbocycles. The van der Waals surface area contributed by atoms with E-state index < -0.39 is 9.84 Å². The SMILES string of the molecule is CN1CCCC(CN(C)Cc2nnnn2-c2ccc(S(C)(=O)=O)cc2)C1. The molecule has 2 heterocycles. The van der Waals surface area contributed by atoms with Gasteiger partial charge in [0.1, 0.15) is 0 Å². The Hall–Kier alpha value is -1.84. The maximum Gasteiger partial charge on any atom is 0.175 e. The average molecular weight is 379 g/mol. The Morgan fingerprint density at radius 3 is 2.65 bits per heavy atom. The number of piperidine rings is 1. The number of likely N-dealkylation sites (tertiary alicyclic amines) is 1. The van der Waals surface area contributed by atoms with Gasteiger partial charge in [-0.1, -0.05) is 0 Å².